The first-order valence-corrected chi connectivity index (χ1v) is 11.8. The number of anilines is 2. The molecular weight excluding hydrogens is 384 g/mol. The highest BCUT2D eigenvalue weighted by Gasteiger charge is 2.32. The number of hydrogen-bond acceptors (Lipinski definition) is 3. The molecule has 0 spiro atoms. The molecule has 0 heterocycles. The summed E-state index contributed by atoms with van der Waals surface area (Å²) in [5.41, 5.74) is 5.16. The van der Waals surface area contributed by atoms with E-state index in [1.54, 1.807) is 12.1 Å². The molecule has 2 rings (SSSR count). The van der Waals surface area contributed by atoms with Crippen LogP contribution in [0.25, 0.3) is 0 Å². The van der Waals surface area contributed by atoms with Gasteiger partial charge in [-0.05, 0) is 67.5 Å². The van der Waals surface area contributed by atoms with E-state index in [0.29, 0.717) is 12.1 Å². The van der Waals surface area contributed by atoms with Gasteiger partial charge in [0.25, 0.3) is 0 Å². The summed E-state index contributed by atoms with van der Waals surface area (Å²) < 4.78 is 26.6. The second-order valence-corrected chi connectivity index (χ2v) is 9.87. The lowest BCUT2D eigenvalue weighted by Crippen LogP contribution is -2.47. The van der Waals surface area contributed by atoms with Crippen molar-refractivity contribution < 1.29 is 13.2 Å². The summed E-state index contributed by atoms with van der Waals surface area (Å²) >= 11 is 0. The third-order valence-electron chi connectivity index (χ3n) is 4.97. The van der Waals surface area contributed by atoms with E-state index in [2.05, 4.69) is 19.2 Å². The van der Waals surface area contributed by atoms with Crippen LogP contribution in [0.2, 0.25) is 0 Å². The third-order valence-corrected chi connectivity index (χ3v) is 6.15. The molecule has 0 saturated heterocycles. The minimum absolute atomic E-state index is 0.232. The smallest absolute Gasteiger partial charge is 0.248 e. The van der Waals surface area contributed by atoms with E-state index in [0.717, 1.165) is 34.2 Å². The number of sulfonamides is 1. The maximum absolute atomic E-state index is 13.3. The van der Waals surface area contributed by atoms with E-state index in [4.69, 9.17) is 0 Å². The number of aryl methyl sites for hydroxylation is 3. The van der Waals surface area contributed by atoms with Crippen molar-refractivity contribution in [1.82, 2.24) is 0 Å². The van der Waals surface area contributed by atoms with E-state index in [9.17, 15) is 13.2 Å². The van der Waals surface area contributed by atoms with Gasteiger partial charge in [-0.15, -0.1) is 0 Å². The number of rotatable bonds is 7. The predicted octanol–water partition coefficient (Wildman–Crippen LogP) is 4.92. The lowest BCUT2D eigenvalue weighted by atomic mass is 9.98. The number of carbonyl (C=O) groups is 1. The Kier molecular flexibility index (Phi) is 7.11. The fourth-order valence-corrected chi connectivity index (χ4v) is 4.88. The Morgan fingerprint density at radius 2 is 1.66 bits per heavy atom. The summed E-state index contributed by atoms with van der Waals surface area (Å²) in [6.45, 7) is 11.7. The average molecular weight is 417 g/mol. The predicted molar refractivity (Wildman–Crippen MR) is 121 cm³/mol. The summed E-state index contributed by atoms with van der Waals surface area (Å²) in [4.78, 5) is 13.3. The number of carbonyl (C=O) groups excluding carboxylic acids is 1. The zero-order valence-corrected chi connectivity index (χ0v) is 19.2. The van der Waals surface area contributed by atoms with Gasteiger partial charge in [0.05, 0.1) is 11.9 Å². The highest BCUT2D eigenvalue weighted by Crippen LogP contribution is 2.30. The van der Waals surface area contributed by atoms with Crippen LogP contribution in [0.4, 0.5) is 11.4 Å². The van der Waals surface area contributed by atoms with Crippen molar-refractivity contribution in [2.24, 2.45) is 0 Å². The number of nitrogens with one attached hydrogen (secondary N) is 1. The van der Waals surface area contributed by atoms with Crippen LogP contribution in [-0.2, 0) is 14.8 Å². The van der Waals surface area contributed by atoms with Gasteiger partial charge in [0.2, 0.25) is 15.9 Å². The Labute approximate surface area is 175 Å². The molecule has 6 heteroatoms. The van der Waals surface area contributed by atoms with Crippen molar-refractivity contribution in [1.29, 1.82) is 0 Å². The molecule has 1 unspecified atom stereocenters. The van der Waals surface area contributed by atoms with Gasteiger partial charge in [-0.2, -0.15) is 0 Å². The topological polar surface area (TPSA) is 66.5 Å². The van der Waals surface area contributed by atoms with Crippen LogP contribution in [0.1, 0.15) is 55.4 Å². The molecule has 5 nitrogen and oxygen atoms in total. The molecule has 1 amide bonds. The summed E-state index contributed by atoms with van der Waals surface area (Å²) in [7, 11) is -3.66. The highest BCUT2D eigenvalue weighted by molar-refractivity contribution is 7.92. The monoisotopic (exact) mass is 416 g/mol. The number of para-hydroxylation sites is 1. The molecule has 1 N–H and O–H groups in total. The van der Waals surface area contributed by atoms with Gasteiger partial charge in [-0.3, -0.25) is 9.10 Å². The van der Waals surface area contributed by atoms with E-state index >= 15 is 0 Å². The molecule has 158 valence electrons. The van der Waals surface area contributed by atoms with Crippen LogP contribution < -0.4 is 9.62 Å². The molecule has 0 radical (unpaired) electrons. The molecule has 0 aromatic heterocycles. The SMILES string of the molecule is CCC(C(=O)Nc1c(C)cccc1C(C)C)N(c1cc(C)cc(C)c1)S(C)(=O)=O. The number of hydrogen-bond donors (Lipinski definition) is 1. The normalized spacial score (nSPS) is 12.7. The Morgan fingerprint density at radius 3 is 2.14 bits per heavy atom. The zero-order chi connectivity index (χ0) is 21.9. The van der Waals surface area contributed by atoms with Crippen LogP contribution in [-0.4, -0.2) is 26.6 Å². The van der Waals surface area contributed by atoms with E-state index in [1.807, 2.05) is 52.0 Å². The lowest BCUT2D eigenvalue weighted by molar-refractivity contribution is -0.117. The fourth-order valence-electron chi connectivity index (χ4n) is 3.69. The van der Waals surface area contributed by atoms with Gasteiger partial charge in [-0.1, -0.05) is 45.0 Å². The summed E-state index contributed by atoms with van der Waals surface area (Å²) in [6, 6.07) is 10.6. The maximum Gasteiger partial charge on any atom is 0.248 e. The van der Waals surface area contributed by atoms with Crippen molar-refractivity contribution in [2.45, 2.75) is 59.9 Å². The standard InChI is InChI=1S/C23H32N2O3S/c1-8-21(23(26)24-22-18(6)10-9-11-20(22)15(2)3)25(29(7,27)28)19-13-16(4)12-17(5)14-19/h9-15,21H,8H2,1-7H3,(H,24,26). The molecule has 0 aliphatic heterocycles. The minimum atomic E-state index is -3.66. The van der Waals surface area contributed by atoms with E-state index < -0.39 is 16.1 Å². The van der Waals surface area contributed by atoms with Crippen LogP contribution in [0.15, 0.2) is 36.4 Å². The number of nitrogens with zero attached hydrogens (tertiary/aromatic N) is 1. The van der Waals surface area contributed by atoms with Crippen molar-refractivity contribution >= 4 is 27.3 Å². The summed E-state index contributed by atoms with van der Waals surface area (Å²) in [6.07, 6.45) is 1.50. The van der Waals surface area contributed by atoms with Crippen molar-refractivity contribution in [3.05, 3.63) is 58.7 Å². The molecule has 2 aromatic carbocycles. The molecule has 0 aliphatic rings. The Bertz CT molecular complexity index is 977. The number of amides is 1. The Morgan fingerprint density at radius 1 is 1.07 bits per heavy atom. The van der Waals surface area contributed by atoms with Crippen molar-refractivity contribution in [2.75, 3.05) is 15.9 Å². The summed E-state index contributed by atoms with van der Waals surface area (Å²) in [5.74, 6) is -0.0935. The van der Waals surface area contributed by atoms with Gasteiger partial charge >= 0.3 is 0 Å². The van der Waals surface area contributed by atoms with Gasteiger partial charge < -0.3 is 5.32 Å². The van der Waals surface area contributed by atoms with Crippen molar-refractivity contribution in [3.8, 4) is 0 Å². The Hall–Kier alpha value is -2.34. The lowest BCUT2D eigenvalue weighted by Gasteiger charge is -2.31. The average Bonchev–Trinajstić information content (AvgIpc) is 2.58. The van der Waals surface area contributed by atoms with E-state index in [1.165, 1.54) is 4.31 Å². The van der Waals surface area contributed by atoms with Crippen LogP contribution >= 0.6 is 0 Å². The van der Waals surface area contributed by atoms with Gasteiger partial charge in [-0.25, -0.2) is 8.42 Å². The molecule has 0 fully saturated rings. The van der Waals surface area contributed by atoms with Crippen molar-refractivity contribution in [3.63, 3.8) is 0 Å². The fraction of sp³-hybridized carbons (Fsp3) is 0.435. The van der Waals surface area contributed by atoms with Gasteiger partial charge in [0, 0.05) is 5.69 Å². The quantitative estimate of drug-likeness (QED) is 0.697. The largest absolute Gasteiger partial charge is 0.324 e. The van der Waals surface area contributed by atoms with Gasteiger partial charge in [0.1, 0.15) is 6.04 Å². The summed E-state index contributed by atoms with van der Waals surface area (Å²) in [5, 5.41) is 3.02. The first-order valence-electron chi connectivity index (χ1n) is 9.93. The molecule has 2 aromatic rings. The first kappa shape index (κ1) is 22.9. The molecule has 0 bridgehead atoms. The minimum Gasteiger partial charge on any atom is -0.324 e. The number of benzene rings is 2. The van der Waals surface area contributed by atoms with Crippen LogP contribution in [0, 0.1) is 20.8 Å². The van der Waals surface area contributed by atoms with Crippen LogP contribution in [0.5, 0.6) is 0 Å². The van der Waals surface area contributed by atoms with Gasteiger partial charge in [0.15, 0.2) is 0 Å². The molecule has 0 saturated carbocycles. The highest BCUT2D eigenvalue weighted by atomic mass is 32.2. The first-order chi connectivity index (χ1) is 13.5. The Balaban J connectivity index is 2.50. The third kappa shape index (κ3) is 5.38. The molecule has 0 aliphatic carbocycles. The molecule has 29 heavy (non-hydrogen) atoms. The molecule has 1 atom stereocenters. The second-order valence-electron chi connectivity index (χ2n) is 8.01. The maximum atomic E-state index is 13.3. The zero-order valence-electron chi connectivity index (χ0n) is 18.4. The molecular formula is C23H32N2O3S. The van der Waals surface area contributed by atoms with E-state index in [-0.39, 0.29) is 11.8 Å². The second kappa shape index (κ2) is 8.99. The van der Waals surface area contributed by atoms with Crippen LogP contribution in [0.3, 0.4) is 0 Å².